The molecule has 0 aliphatic heterocycles. The van der Waals surface area contributed by atoms with Gasteiger partial charge in [-0.2, -0.15) is 0 Å². The van der Waals surface area contributed by atoms with Crippen LogP contribution in [0.2, 0.25) is 0 Å². The number of hydrogen-bond donors (Lipinski definition) is 0. The molecule has 0 radical (unpaired) electrons. The van der Waals surface area contributed by atoms with Crippen LogP contribution in [0.25, 0.3) is 99.2 Å². The Labute approximate surface area is 293 Å². The molecule has 51 heavy (non-hydrogen) atoms. The number of rotatable bonds is 4. The molecule has 238 valence electrons. The van der Waals surface area contributed by atoms with Crippen molar-refractivity contribution in [2.75, 3.05) is 0 Å². The van der Waals surface area contributed by atoms with Crippen molar-refractivity contribution in [3.63, 3.8) is 0 Å². The van der Waals surface area contributed by atoms with Crippen LogP contribution >= 0.6 is 0 Å². The number of nitrogens with zero attached hydrogens (tertiary/aromatic N) is 2. The Morgan fingerprint density at radius 2 is 0.824 bits per heavy atom. The maximum absolute atomic E-state index is 6.59. The van der Waals surface area contributed by atoms with Crippen LogP contribution in [0.3, 0.4) is 0 Å². The van der Waals surface area contributed by atoms with Gasteiger partial charge < -0.3 is 13.6 Å². The summed E-state index contributed by atoms with van der Waals surface area (Å²) in [5.41, 5.74) is 13.4. The maximum atomic E-state index is 6.59. The number of aromatic nitrogens is 2. The first kappa shape index (κ1) is 28.0. The normalized spacial score (nSPS) is 11.9. The first-order valence-electron chi connectivity index (χ1n) is 17.4. The van der Waals surface area contributed by atoms with Gasteiger partial charge in [-0.15, -0.1) is 0 Å². The predicted molar refractivity (Wildman–Crippen MR) is 213 cm³/mol. The van der Waals surface area contributed by atoms with Gasteiger partial charge in [0.15, 0.2) is 5.58 Å². The molecule has 0 aliphatic carbocycles. The van der Waals surface area contributed by atoms with Gasteiger partial charge in [-0.25, -0.2) is 0 Å². The van der Waals surface area contributed by atoms with Crippen LogP contribution in [-0.2, 0) is 0 Å². The van der Waals surface area contributed by atoms with Crippen LogP contribution in [0.15, 0.2) is 186 Å². The van der Waals surface area contributed by atoms with Crippen LogP contribution < -0.4 is 0 Å². The van der Waals surface area contributed by atoms with Crippen molar-refractivity contribution in [1.29, 1.82) is 0 Å². The maximum Gasteiger partial charge on any atom is 0.160 e. The summed E-state index contributed by atoms with van der Waals surface area (Å²) < 4.78 is 11.4. The van der Waals surface area contributed by atoms with Gasteiger partial charge in [0.05, 0.1) is 22.1 Å². The molecule has 3 aromatic heterocycles. The molecule has 0 aliphatic rings. The number of benzene rings is 8. The third kappa shape index (κ3) is 4.19. The van der Waals surface area contributed by atoms with E-state index in [1.165, 1.54) is 49.3 Å². The molecule has 3 nitrogen and oxygen atoms in total. The molecule has 0 saturated carbocycles. The van der Waals surface area contributed by atoms with E-state index in [0.29, 0.717) is 0 Å². The van der Waals surface area contributed by atoms with Gasteiger partial charge in [-0.05, 0) is 82.9 Å². The highest BCUT2D eigenvalue weighted by atomic mass is 16.3. The summed E-state index contributed by atoms with van der Waals surface area (Å²) in [6.45, 7) is 0. The third-order valence-electron chi connectivity index (χ3n) is 10.5. The topological polar surface area (TPSA) is 23.0 Å². The SMILES string of the molecule is c1ccc(-c2cc(-c3ccc(-n4c5ccccc5c5ccc6c7ccccc7oc6c54)cc3)cc(-n3c4ccccc4c4ccccc43)c2)cc1. The molecule has 0 atom stereocenters. The molecule has 0 amide bonds. The van der Waals surface area contributed by atoms with Crippen molar-refractivity contribution in [1.82, 2.24) is 9.13 Å². The summed E-state index contributed by atoms with van der Waals surface area (Å²) in [4.78, 5) is 0. The van der Waals surface area contributed by atoms with Gasteiger partial charge in [-0.3, -0.25) is 0 Å². The van der Waals surface area contributed by atoms with Gasteiger partial charge in [0.1, 0.15) is 5.58 Å². The Morgan fingerprint density at radius 1 is 0.314 bits per heavy atom. The smallest absolute Gasteiger partial charge is 0.160 e. The Morgan fingerprint density at radius 3 is 1.49 bits per heavy atom. The zero-order valence-electron chi connectivity index (χ0n) is 27.6. The summed E-state index contributed by atoms with van der Waals surface area (Å²) in [7, 11) is 0. The Balaban J connectivity index is 1.12. The number of fused-ring (bicyclic) bond motifs is 10. The monoisotopic (exact) mass is 650 g/mol. The molecule has 11 aromatic rings. The standard InChI is InChI=1S/C48H30N2O/c1-2-12-31(13-3-1)33-28-34(30-36(29-33)49-43-18-8-4-14-37(43)38-15-5-9-19-44(38)49)32-22-24-35(25-23-32)50-45-20-10-6-16-39(45)41-26-27-42-40-17-7-11-21-46(40)51-48(42)47(41)50/h1-30H. The van der Waals surface area contributed by atoms with E-state index >= 15 is 0 Å². The second kappa shape index (κ2) is 10.8. The largest absolute Gasteiger partial charge is 0.454 e. The van der Waals surface area contributed by atoms with Crippen LogP contribution in [0.5, 0.6) is 0 Å². The highest BCUT2D eigenvalue weighted by Gasteiger charge is 2.19. The molecular weight excluding hydrogens is 621 g/mol. The highest BCUT2D eigenvalue weighted by Crippen LogP contribution is 2.41. The van der Waals surface area contributed by atoms with Crippen LogP contribution in [0.4, 0.5) is 0 Å². The Hall–Kier alpha value is -6.84. The molecule has 8 aromatic carbocycles. The summed E-state index contributed by atoms with van der Waals surface area (Å²) >= 11 is 0. The fourth-order valence-electron chi connectivity index (χ4n) is 8.21. The van der Waals surface area contributed by atoms with Crippen molar-refractivity contribution in [3.8, 4) is 33.6 Å². The van der Waals surface area contributed by atoms with Gasteiger partial charge >= 0.3 is 0 Å². The van der Waals surface area contributed by atoms with E-state index in [1.807, 2.05) is 6.07 Å². The predicted octanol–water partition coefficient (Wildman–Crippen LogP) is 13.1. The van der Waals surface area contributed by atoms with Crippen LogP contribution in [0.1, 0.15) is 0 Å². The number of hydrogen-bond acceptors (Lipinski definition) is 1. The molecule has 0 unspecified atom stereocenters. The van der Waals surface area contributed by atoms with Crippen LogP contribution in [-0.4, -0.2) is 9.13 Å². The molecule has 0 bridgehead atoms. The Bertz CT molecular complexity index is 3070. The lowest BCUT2D eigenvalue weighted by atomic mass is 9.97. The summed E-state index contributed by atoms with van der Waals surface area (Å²) in [5.74, 6) is 0. The molecule has 0 N–H and O–H groups in total. The van der Waals surface area contributed by atoms with Gasteiger partial charge in [0, 0.05) is 43.7 Å². The van der Waals surface area contributed by atoms with E-state index in [1.54, 1.807) is 0 Å². The lowest BCUT2D eigenvalue weighted by Gasteiger charge is -2.15. The lowest BCUT2D eigenvalue weighted by molar-refractivity contribution is 0.671. The van der Waals surface area contributed by atoms with Crippen molar-refractivity contribution < 1.29 is 4.42 Å². The molecule has 3 heteroatoms. The van der Waals surface area contributed by atoms with Gasteiger partial charge in [0.2, 0.25) is 0 Å². The molecule has 0 spiro atoms. The van der Waals surface area contributed by atoms with Gasteiger partial charge in [-0.1, -0.05) is 121 Å². The zero-order chi connectivity index (χ0) is 33.5. The second-order valence-corrected chi connectivity index (χ2v) is 13.3. The first-order valence-corrected chi connectivity index (χ1v) is 17.4. The molecule has 0 fully saturated rings. The summed E-state index contributed by atoms with van der Waals surface area (Å²) in [6, 6.07) is 65.5. The van der Waals surface area contributed by atoms with Crippen molar-refractivity contribution >= 4 is 65.6 Å². The minimum absolute atomic E-state index is 0.907. The van der Waals surface area contributed by atoms with Gasteiger partial charge in [0.25, 0.3) is 0 Å². The van der Waals surface area contributed by atoms with E-state index in [-0.39, 0.29) is 0 Å². The third-order valence-corrected chi connectivity index (χ3v) is 10.5. The fraction of sp³-hybridized carbons (Fsp3) is 0. The van der Waals surface area contributed by atoms with E-state index in [4.69, 9.17) is 4.42 Å². The van der Waals surface area contributed by atoms with E-state index in [0.717, 1.165) is 49.9 Å². The zero-order valence-corrected chi connectivity index (χ0v) is 27.6. The van der Waals surface area contributed by atoms with Crippen molar-refractivity contribution in [2.24, 2.45) is 0 Å². The molecule has 11 rings (SSSR count). The van der Waals surface area contributed by atoms with E-state index < -0.39 is 0 Å². The minimum atomic E-state index is 0.907. The summed E-state index contributed by atoms with van der Waals surface area (Å²) in [5, 5.41) is 7.19. The average molecular weight is 651 g/mol. The number of furan rings is 1. The van der Waals surface area contributed by atoms with E-state index in [9.17, 15) is 0 Å². The average Bonchev–Trinajstić information content (AvgIpc) is 3.86. The lowest BCUT2D eigenvalue weighted by Crippen LogP contribution is -1.96. The first-order chi connectivity index (χ1) is 25.3. The second-order valence-electron chi connectivity index (χ2n) is 13.3. The highest BCUT2D eigenvalue weighted by molar-refractivity contribution is 6.21. The van der Waals surface area contributed by atoms with Crippen LogP contribution in [0, 0.1) is 0 Å². The van der Waals surface area contributed by atoms with E-state index in [2.05, 4.69) is 185 Å². The quantitative estimate of drug-likeness (QED) is 0.186. The van der Waals surface area contributed by atoms with Crippen molar-refractivity contribution in [3.05, 3.63) is 182 Å². The summed E-state index contributed by atoms with van der Waals surface area (Å²) in [6.07, 6.45) is 0. The molecule has 0 saturated heterocycles. The molecule has 3 heterocycles. The molecular formula is C48H30N2O. The fourth-order valence-corrected chi connectivity index (χ4v) is 8.21. The minimum Gasteiger partial charge on any atom is -0.454 e. The van der Waals surface area contributed by atoms with Crippen molar-refractivity contribution in [2.45, 2.75) is 0 Å². The Kier molecular flexibility index (Phi) is 5.96. The number of para-hydroxylation sites is 4.